The van der Waals surface area contributed by atoms with Gasteiger partial charge in [-0.1, -0.05) is 0 Å². The van der Waals surface area contributed by atoms with E-state index in [0.717, 1.165) is 7.14 Å². The van der Waals surface area contributed by atoms with Crippen molar-refractivity contribution in [1.82, 2.24) is 0 Å². The van der Waals surface area contributed by atoms with Gasteiger partial charge in [0.2, 0.25) is 0 Å². The van der Waals surface area contributed by atoms with Gasteiger partial charge >= 0.3 is 17.4 Å². The van der Waals surface area contributed by atoms with Gasteiger partial charge in [0.1, 0.15) is 6.61 Å². The van der Waals surface area contributed by atoms with Crippen LogP contribution in [0, 0.1) is 10.7 Å². The van der Waals surface area contributed by atoms with Gasteiger partial charge in [-0.2, -0.15) is 13.2 Å². The highest BCUT2D eigenvalue weighted by Gasteiger charge is 2.38. The predicted octanol–water partition coefficient (Wildman–Crippen LogP) is 3.81. The van der Waals surface area contributed by atoms with Crippen molar-refractivity contribution in [1.29, 1.82) is 0 Å². The molecule has 1 aromatic rings. The lowest BCUT2D eigenvalue weighted by Gasteiger charge is -2.21. The molecule has 0 heterocycles. The highest BCUT2D eigenvalue weighted by molar-refractivity contribution is 14.1. The van der Waals surface area contributed by atoms with Crippen molar-refractivity contribution in [3.63, 3.8) is 0 Å². The van der Waals surface area contributed by atoms with E-state index >= 15 is 0 Å². The molecule has 0 aliphatic carbocycles. The van der Waals surface area contributed by atoms with Gasteiger partial charge < -0.3 is 14.2 Å². The smallest absolute Gasteiger partial charge is 0.480 e. The van der Waals surface area contributed by atoms with Crippen LogP contribution in [0.25, 0.3) is 4.72 Å². The Morgan fingerprint density at radius 2 is 1.70 bits per heavy atom. The maximum Gasteiger partial charge on any atom is 0.480 e. The minimum Gasteiger partial charge on any atom is -0.538 e. The largest absolute Gasteiger partial charge is 0.538 e. The number of sulfonamides is 1. The Labute approximate surface area is 193 Å². The number of nitrogens with zero attached hydrogens (tertiary/aromatic N) is 1. The molecule has 1 aromatic carbocycles. The van der Waals surface area contributed by atoms with Gasteiger partial charge in [-0.3, -0.25) is 4.79 Å². The summed E-state index contributed by atoms with van der Waals surface area (Å²) in [7, 11) is -5.60. The fourth-order valence-electron chi connectivity index (χ4n) is 1.47. The van der Waals surface area contributed by atoms with E-state index < -0.39 is 40.6 Å². The number of rotatable bonds is 8. The quantitative estimate of drug-likeness (QED) is 0.174. The van der Waals surface area contributed by atoms with E-state index in [2.05, 4.69) is 32.0 Å². The Morgan fingerprint density at radius 1 is 1.07 bits per heavy atom. The number of carbonyl (C=O) groups excluding carboxylic acids is 2. The molecule has 0 aromatic heterocycles. The topological polar surface area (TPSA) is 101 Å². The van der Waals surface area contributed by atoms with E-state index in [9.17, 15) is 31.2 Å². The minimum atomic E-state index is -5.60. The summed E-state index contributed by atoms with van der Waals surface area (Å²) in [5.74, 6) is -1.50. The van der Waals surface area contributed by atoms with Crippen molar-refractivity contribution < 1.29 is 40.7 Å². The maximum atomic E-state index is 12.0. The third-order valence-electron chi connectivity index (χ3n) is 2.66. The zero-order valence-electron chi connectivity index (χ0n) is 13.1. The average molecular weight is 746 g/mol. The number of esters is 2. The molecule has 0 spiro atoms. The summed E-state index contributed by atoms with van der Waals surface area (Å²) >= 11 is 6.11. The van der Waals surface area contributed by atoms with Gasteiger partial charge in [0.15, 0.2) is 10.0 Å². The van der Waals surface area contributed by atoms with E-state index in [0.29, 0.717) is 9.13 Å². The molecule has 7 nitrogen and oxygen atoms in total. The van der Waals surface area contributed by atoms with Crippen LogP contribution in [0.3, 0.4) is 0 Å². The van der Waals surface area contributed by atoms with Crippen LogP contribution in [-0.2, 0) is 24.3 Å². The molecule has 0 N–H and O–H groups in total. The molecule has 0 bridgehead atoms. The Bertz CT molecular complexity index is 816. The SMILES string of the molecule is O=C(CCOC(=O)c1cc(I)cc(I)c1I)OCC[N-]S(=O)(=O)C(F)(F)F. The second-order valence-electron chi connectivity index (χ2n) is 4.63. The van der Waals surface area contributed by atoms with E-state index in [4.69, 9.17) is 4.74 Å². The number of halogens is 6. The minimum absolute atomic E-state index is 0.298. The van der Waals surface area contributed by atoms with Crippen LogP contribution in [0.4, 0.5) is 13.2 Å². The van der Waals surface area contributed by atoms with Gasteiger partial charge in [-0.25, -0.2) is 13.2 Å². The van der Waals surface area contributed by atoms with Crippen molar-refractivity contribution in [2.45, 2.75) is 11.9 Å². The Hall–Kier alpha value is 0.0500. The number of benzene rings is 1. The maximum absolute atomic E-state index is 12.0. The molecule has 27 heavy (non-hydrogen) atoms. The van der Waals surface area contributed by atoms with Crippen molar-refractivity contribution >= 4 is 89.7 Å². The van der Waals surface area contributed by atoms with Gasteiger partial charge in [0.05, 0.1) is 18.6 Å². The first-order valence-corrected chi connectivity index (χ1v) is 11.5. The highest BCUT2D eigenvalue weighted by atomic mass is 127. The molecule has 0 atom stereocenters. The van der Waals surface area contributed by atoms with E-state index in [-0.39, 0.29) is 13.0 Å². The zero-order chi connectivity index (χ0) is 20.8. The van der Waals surface area contributed by atoms with Crippen LogP contribution in [-0.4, -0.2) is 45.6 Å². The second-order valence-corrected chi connectivity index (χ2v) is 9.79. The number of carbonyl (C=O) groups is 2. The molecule has 0 unspecified atom stereocenters. The lowest BCUT2D eigenvalue weighted by atomic mass is 10.2. The molecule has 0 radical (unpaired) electrons. The number of ether oxygens (including phenoxy) is 2. The van der Waals surface area contributed by atoms with Gasteiger partial charge in [-0.05, 0) is 79.9 Å². The summed E-state index contributed by atoms with van der Waals surface area (Å²) in [5.41, 5.74) is -5.15. The Balaban J connectivity index is 2.37. The summed E-state index contributed by atoms with van der Waals surface area (Å²) in [6, 6.07) is 3.51. The van der Waals surface area contributed by atoms with Crippen molar-refractivity contribution in [2.75, 3.05) is 19.8 Å². The van der Waals surface area contributed by atoms with Crippen LogP contribution < -0.4 is 0 Å². The third-order valence-corrected chi connectivity index (χ3v) is 7.44. The van der Waals surface area contributed by atoms with Crippen molar-refractivity contribution in [3.05, 3.63) is 33.1 Å². The first-order chi connectivity index (χ1) is 12.3. The van der Waals surface area contributed by atoms with E-state index in [1.807, 2.05) is 51.2 Å². The van der Waals surface area contributed by atoms with Crippen LogP contribution in [0.1, 0.15) is 16.8 Å². The van der Waals surface area contributed by atoms with Crippen molar-refractivity contribution in [2.24, 2.45) is 0 Å². The summed E-state index contributed by atoms with van der Waals surface area (Å²) in [6.45, 7) is -1.80. The van der Waals surface area contributed by atoms with Crippen molar-refractivity contribution in [3.8, 4) is 0 Å². The highest BCUT2D eigenvalue weighted by Crippen LogP contribution is 2.27. The van der Waals surface area contributed by atoms with Crippen LogP contribution in [0.15, 0.2) is 12.1 Å². The fraction of sp³-hybridized carbons (Fsp3) is 0.385. The molecule has 0 aliphatic heterocycles. The first-order valence-electron chi connectivity index (χ1n) is 6.82. The summed E-state index contributed by atoms with van der Waals surface area (Å²) in [4.78, 5) is 23.5. The Morgan fingerprint density at radius 3 is 2.30 bits per heavy atom. The molecule has 152 valence electrons. The molecule has 0 saturated carbocycles. The monoisotopic (exact) mass is 746 g/mol. The normalized spacial score (nSPS) is 11.9. The molecule has 0 aliphatic rings. The summed E-state index contributed by atoms with van der Waals surface area (Å²) in [5, 5.41) is 0. The number of alkyl halides is 3. The van der Waals surface area contributed by atoms with Crippen LogP contribution >= 0.6 is 67.8 Å². The molecule has 1 rings (SSSR count). The standard InChI is InChI=1S/C13H10F3I3NO6S/c14-13(15,16)27(23,24)20-2-4-25-10(21)1-3-26-12(22)8-5-7(17)6-9(18)11(8)19/h5-6H,1-4H2/q-1. The molecule has 14 heteroatoms. The van der Waals surface area contributed by atoms with Gasteiger partial charge in [0, 0.05) is 10.7 Å². The molecular weight excluding hydrogens is 736 g/mol. The predicted molar refractivity (Wildman–Crippen MR) is 114 cm³/mol. The Kier molecular flexibility index (Phi) is 9.96. The molecule has 0 amide bonds. The van der Waals surface area contributed by atoms with E-state index in [1.165, 1.54) is 0 Å². The second kappa shape index (κ2) is 10.7. The van der Waals surface area contributed by atoms with Crippen LogP contribution in [0.2, 0.25) is 0 Å². The van der Waals surface area contributed by atoms with Gasteiger partial charge in [0.25, 0.3) is 0 Å². The number of hydrogen-bond donors (Lipinski definition) is 0. The molecular formula is C13H10F3I3NO6S-. The lowest BCUT2D eigenvalue weighted by Crippen LogP contribution is -2.23. The van der Waals surface area contributed by atoms with E-state index in [1.54, 1.807) is 6.07 Å². The van der Waals surface area contributed by atoms with Crippen LogP contribution in [0.5, 0.6) is 0 Å². The molecule has 0 saturated heterocycles. The zero-order valence-corrected chi connectivity index (χ0v) is 20.3. The summed E-state index contributed by atoms with van der Waals surface area (Å²) < 4.78 is 71.8. The number of hydrogen-bond acceptors (Lipinski definition) is 6. The van der Waals surface area contributed by atoms with Gasteiger partial charge in [-0.15, -0.1) is 6.54 Å². The summed E-state index contributed by atoms with van der Waals surface area (Å²) in [6.07, 6.45) is -0.338. The average Bonchev–Trinajstić information content (AvgIpc) is 2.53. The lowest BCUT2D eigenvalue weighted by molar-refractivity contribution is -0.143. The first kappa shape index (κ1) is 25.1. The fourth-order valence-corrected chi connectivity index (χ4v) is 4.31. The molecule has 0 fully saturated rings. The third kappa shape index (κ3) is 8.13.